The Hall–Kier alpha value is -1.67. The van der Waals surface area contributed by atoms with Crippen LogP contribution in [0.25, 0.3) is 0 Å². The molecular formula is C17H27N5O3. The van der Waals surface area contributed by atoms with Gasteiger partial charge in [0.05, 0.1) is 12.6 Å². The van der Waals surface area contributed by atoms with Crippen LogP contribution in [0.3, 0.4) is 0 Å². The largest absolute Gasteiger partial charge is 0.347 e. The highest BCUT2D eigenvalue weighted by atomic mass is 16.7. The molecule has 2 aliphatic heterocycles. The molecule has 25 heavy (non-hydrogen) atoms. The molecule has 0 unspecified atom stereocenters. The van der Waals surface area contributed by atoms with Crippen molar-refractivity contribution in [2.45, 2.75) is 62.9 Å². The second kappa shape index (κ2) is 6.92. The minimum Gasteiger partial charge on any atom is -0.347 e. The van der Waals surface area contributed by atoms with Gasteiger partial charge in [-0.15, -0.1) is 10.2 Å². The third-order valence-electron chi connectivity index (χ3n) is 5.57. The highest BCUT2D eigenvalue weighted by molar-refractivity contribution is 5.75. The van der Waals surface area contributed by atoms with E-state index >= 15 is 0 Å². The first-order valence-electron chi connectivity index (χ1n) is 9.37. The molecule has 2 atom stereocenters. The number of amides is 2. The SMILES string of the molecule is Cn1cnnc1[C@@H]1CCCN1C(=O)NC[C@@H]1COC2(CCCCC2)O1. The molecule has 0 aromatic carbocycles. The molecule has 8 heteroatoms. The van der Waals surface area contributed by atoms with Gasteiger partial charge in [-0.3, -0.25) is 0 Å². The lowest BCUT2D eigenvalue weighted by molar-refractivity contribution is -0.186. The van der Waals surface area contributed by atoms with Crippen LogP contribution in [0.4, 0.5) is 4.79 Å². The van der Waals surface area contributed by atoms with Crippen LogP contribution in [0, 0.1) is 0 Å². The Bertz CT molecular complexity index is 613. The summed E-state index contributed by atoms with van der Waals surface area (Å²) in [4.78, 5) is 14.5. The van der Waals surface area contributed by atoms with Gasteiger partial charge >= 0.3 is 6.03 Å². The van der Waals surface area contributed by atoms with Crippen molar-refractivity contribution < 1.29 is 14.3 Å². The Labute approximate surface area is 147 Å². The Balaban J connectivity index is 1.31. The highest BCUT2D eigenvalue weighted by Gasteiger charge is 2.42. The molecule has 2 saturated heterocycles. The number of carbonyl (C=O) groups excluding carboxylic acids is 1. The maximum Gasteiger partial charge on any atom is 0.318 e. The Morgan fingerprint density at radius 3 is 2.96 bits per heavy atom. The molecular weight excluding hydrogens is 322 g/mol. The van der Waals surface area contributed by atoms with Crippen molar-refractivity contribution in [3.8, 4) is 0 Å². The third kappa shape index (κ3) is 3.37. The van der Waals surface area contributed by atoms with Gasteiger partial charge in [0.1, 0.15) is 12.4 Å². The van der Waals surface area contributed by atoms with Crippen LogP contribution in [0.15, 0.2) is 6.33 Å². The standard InChI is InChI=1S/C17H27N5O3/c1-21-12-19-20-15(21)14-6-5-9-22(14)16(23)18-10-13-11-24-17(25-13)7-3-2-4-8-17/h12-14H,2-11H2,1H3,(H,18,23)/t13-,14+/m1/s1. The average Bonchev–Trinajstić information content (AvgIpc) is 3.33. The summed E-state index contributed by atoms with van der Waals surface area (Å²) in [7, 11) is 1.91. The van der Waals surface area contributed by atoms with E-state index in [-0.39, 0.29) is 24.0 Å². The molecule has 1 aromatic heterocycles. The maximum absolute atomic E-state index is 12.6. The minimum absolute atomic E-state index is 0.00191. The number of nitrogens with zero attached hydrogens (tertiary/aromatic N) is 4. The van der Waals surface area contributed by atoms with Crippen molar-refractivity contribution >= 4 is 6.03 Å². The van der Waals surface area contributed by atoms with E-state index in [0.29, 0.717) is 13.2 Å². The van der Waals surface area contributed by atoms with Crippen molar-refractivity contribution in [1.82, 2.24) is 25.0 Å². The summed E-state index contributed by atoms with van der Waals surface area (Å²) in [5, 5.41) is 11.1. The third-order valence-corrected chi connectivity index (χ3v) is 5.57. The molecule has 138 valence electrons. The van der Waals surface area contributed by atoms with Gasteiger partial charge < -0.3 is 24.3 Å². The zero-order valence-corrected chi connectivity index (χ0v) is 14.8. The zero-order chi connectivity index (χ0) is 17.3. The quantitative estimate of drug-likeness (QED) is 0.899. The molecule has 3 heterocycles. The predicted molar refractivity (Wildman–Crippen MR) is 89.7 cm³/mol. The maximum atomic E-state index is 12.6. The molecule has 1 aliphatic carbocycles. The van der Waals surface area contributed by atoms with Crippen molar-refractivity contribution in [3.63, 3.8) is 0 Å². The monoisotopic (exact) mass is 349 g/mol. The van der Waals surface area contributed by atoms with Crippen molar-refractivity contribution in [1.29, 1.82) is 0 Å². The first kappa shape index (κ1) is 16.8. The molecule has 4 rings (SSSR count). The fourth-order valence-electron chi connectivity index (χ4n) is 4.24. The smallest absolute Gasteiger partial charge is 0.318 e. The number of aromatic nitrogens is 3. The van der Waals surface area contributed by atoms with E-state index in [1.54, 1.807) is 6.33 Å². The number of nitrogens with one attached hydrogen (secondary N) is 1. The molecule has 3 aliphatic rings. The number of likely N-dealkylation sites (tertiary alicyclic amines) is 1. The molecule has 3 fully saturated rings. The lowest BCUT2D eigenvalue weighted by Crippen LogP contribution is -2.44. The van der Waals surface area contributed by atoms with Crippen LogP contribution in [0.1, 0.15) is 56.8 Å². The number of ether oxygens (including phenoxy) is 2. The highest BCUT2D eigenvalue weighted by Crippen LogP contribution is 2.37. The first-order valence-corrected chi connectivity index (χ1v) is 9.37. The van der Waals surface area contributed by atoms with E-state index in [4.69, 9.17) is 9.47 Å². The predicted octanol–water partition coefficient (Wildman–Crippen LogP) is 1.74. The van der Waals surface area contributed by atoms with E-state index in [0.717, 1.165) is 50.9 Å². The second-order valence-electron chi connectivity index (χ2n) is 7.36. The van der Waals surface area contributed by atoms with Crippen LogP contribution in [-0.2, 0) is 16.5 Å². The van der Waals surface area contributed by atoms with E-state index in [2.05, 4.69) is 15.5 Å². The Kier molecular flexibility index (Phi) is 4.64. The fraction of sp³-hybridized carbons (Fsp3) is 0.824. The number of carbonyl (C=O) groups is 1. The van der Waals surface area contributed by atoms with Crippen LogP contribution in [0.5, 0.6) is 0 Å². The lowest BCUT2D eigenvalue weighted by Gasteiger charge is -2.31. The van der Waals surface area contributed by atoms with Gasteiger partial charge in [-0.05, 0) is 25.7 Å². The molecule has 0 radical (unpaired) electrons. The van der Waals surface area contributed by atoms with E-state index < -0.39 is 0 Å². The van der Waals surface area contributed by atoms with Gasteiger partial charge in [0.25, 0.3) is 0 Å². The summed E-state index contributed by atoms with van der Waals surface area (Å²) in [6, 6.07) is -0.0587. The van der Waals surface area contributed by atoms with Gasteiger partial charge in [0.15, 0.2) is 11.6 Å². The number of rotatable bonds is 3. The summed E-state index contributed by atoms with van der Waals surface area (Å²) >= 11 is 0. The first-order chi connectivity index (χ1) is 12.2. The summed E-state index contributed by atoms with van der Waals surface area (Å²) < 4.78 is 14.0. The lowest BCUT2D eigenvalue weighted by atomic mass is 9.94. The van der Waals surface area contributed by atoms with Crippen LogP contribution in [0.2, 0.25) is 0 Å². The van der Waals surface area contributed by atoms with Crippen LogP contribution >= 0.6 is 0 Å². The molecule has 2 amide bonds. The summed E-state index contributed by atoms with van der Waals surface area (Å²) in [6.45, 7) is 1.80. The van der Waals surface area contributed by atoms with E-state index in [1.165, 1.54) is 6.42 Å². The van der Waals surface area contributed by atoms with Gasteiger partial charge in [-0.2, -0.15) is 0 Å². The van der Waals surface area contributed by atoms with Crippen molar-refractivity contribution in [2.24, 2.45) is 7.05 Å². The molecule has 1 N–H and O–H groups in total. The van der Waals surface area contributed by atoms with E-state index in [9.17, 15) is 4.79 Å². The summed E-state index contributed by atoms with van der Waals surface area (Å²) in [6.07, 6.45) is 9.04. The minimum atomic E-state index is -0.386. The number of hydrogen-bond acceptors (Lipinski definition) is 5. The fourth-order valence-corrected chi connectivity index (χ4v) is 4.24. The number of aryl methyl sites for hydroxylation is 1. The van der Waals surface area contributed by atoms with Gasteiger partial charge in [-0.25, -0.2) is 4.79 Å². The summed E-state index contributed by atoms with van der Waals surface area (Å²) in [5.74, 6) is 0.455. The normalized spacial score (nSPS) is 28.6. The topological polar surface area (TPSA) is 81.5 Å². The molecule has 1 saturated carbocycles. The molecule has 0 bridgehead atoms. The summed E-state index contributed by atoms with van der Waals surface area (Å²) in [5.41, 5.74) is 0. The zero-order valence-electron chi connectivity index (χ0n) is 14.8. The van der Waals surface area contributed by atoms with Gasteiger partial charge in [0, 0.05) is 33.0 Å². The average molecular weight is 349 g/mol. The van der Waals surface area contributed by atoms with Gasteiger partial charge in [-0.1, -0.05) is 6.42 Å². The second-order valence-corrected chi connectivity index (χ2v) is 7.36. The van der Waals surface area contributed by atoms with Crippen LogP contribution in [-0.4, -0.2) is 57.3 Å². The number of urea groups is 1. The Morgan fingerprint density at radius 2 is 2.20 bits per heavy atom. The van der Waals surface area contributed by atoms with Crippen molar-refractivity contribution in [2.75, 3.05) is 19.7 Å². The molecule has 1 spiro atoms. The van der Waals surface area contributed by atoms with E-state index in [1.807, 2.05) is 16.5 Å². The van der Waals surface area contributed by atoms with Gasteiger partial charge in [0.2, 0.25) is 0 Å². The Morgan fingerprint density at radius 1 is 1.36 bits per heavy atom. The molecule has 8 nitrogen and oxygen atoms in total. The molecule has 1 aromatic rings. The number of hydrogen-bond donors (Lipinski definition) is 1. The van der Waals surface area contributed by atoms with Crippen molar-refractivity contribution in [3.05, 3.63) is 12.2 Å². The van der Waals surface area contributed by atoms with Crippen LogP contribution < -0.4 is 5.32 Å².